The average Bonchev–Trinajstić information content (AvgIpc) is 2.17. The first-order valence-corrected chi connectivity index (χ1v) is 4.50. The van der Waals surface area contributed by atoms with Crippen LogP contribution in [0.1, 0.15) is 10.4 Å². The van der Waals surface area contributed by atoms with E-state index >= 15 is 0 Å². The van der Waals surface area contributed by atoms with Crippen LogP contribution in [0.3, 0.4) is 0 Å². The predicted molar refractivity (Wildman–Crippen MR) is 45.0 cm³/mol. The van der Waals surface area contributed by atoms with Crippen LogP contribution in [0.5, 0.6) is 0 Å². The molecule has 1 aromatic rings. The van der Waals surface area contributed by atoms with Gasteiger partial charge in [-0.3, -0.25) is 4.21 Å². The number of hydrogen-bond donors (Lipinski definition) is 0. The van der Waals surface area contributed by atoms with Crippen molar-refractivity contribution in [1.29, 1.82) is 0 Å². The largest absolute Gasteiger partial charge is 1.00 e. The number of hydrogen-bond acceptors (Lipinski definition) is 4. The molecule has 0 fully saturated rings. The van der Waals surface area contributed by atoms with Crippen molar-refractivity contribution in [2.24, 2.45) is 0 Å². The Hall–Kier alpha value is -0.200. The van der Waals surface area contributed by atoms with Crippen molar-refractivity contribution >= 4 is 17.0 Å². The van der Waals surface area contributed by atoms with E-state index in [0.717, 1.165) is 0 Å². The van der Waals surface area contributed by atoms with Gasteiger partial charge in [-0.15, -0.1) is 0 Å². The van der Waals surface area contributed by atoms with Crippen molar-refractivity contribution < 1.29 is 47.9 Å². The summed E-state index contributed by atoms with van der Waals surface area (Å²) in [4.78, 5) is 11.1. The molecule has 4 nitrogen and oxygen atoms in total. The van der Waals surface area contributed by atoms with Gasteiger partial charge in [0.05, 0.1) is 12.7 Å². The van der Waals surface area contributed by atoms with Gasteiger partial charge < -0.3 is 9.29 Å². The minimum absolute atomic E-state index is 0. The van der Waals surface area contributed by atoms with Crippen LogP contribution in [-0.4, -0.2) is 21.8 Å². The topological polar surface area (TPSA) is 66.4 Å². The maximum atomic E-state index is 10.9. The Morgan fingerprint density at radius 1 is 1.36 bits per heavy atom. The van der Waals surface area contributed by atoms with Crippen LogP contribution >= 0.6 is 0 Å². The molecular formula is C8H7NaO4S. The molecular weight excluding hydrogens is 215 g/mol. The van der Waals surface area contributed by atoms with Gasteiger partial charge in [0, 0.05) is 4.90 Å². The van der Waals surface area contributed by atoms with E-state index in [2.05, 4.69) is 4.74 Å². The van der Waals surface area contributed by atoms with E-state index in [1.807, 2.05) is 0 Å². The fourth-order valence-corrected chi connectivity index (χ4v) is 1.18. The normalized spacial score (nSPS) is 11.3. The Kier molecular flexibility index (Phi) is 6.22. The summed E-state index contributed by atoms with van der Waals surface area (Å²) >= 11 is -2.25. The zero-order chi connectivity index (χ0) is 9.84. The van der Waals surface area contributed by atoms with Crippen molar-refractivity contribution in [2.45, 2.75) is 4.90 Å². The van der Waals surface area contributed by atoms with Gasteiger partial charge in [0.25, 0.3) is 0 Å². The Morgan fingerprint density at radius 3 is 2.21 bits per heavy atom. The zero-order valence-electron chi connectivity index (χ0n) is 7.85. The van der Waals surface area contributed by atoms with Crippen LogP contribution in [-0.2, 0) is 15.8 Å². The van der Waals surface area contributed by atoms with E-state index in [9.17, 15) is 13.6 Å². The molecule has 1 rings (SSSR count). The fourth-order valence-electron chi connectivity index (χ4n) is 0.820. The Morgan fingerprint density at radius 2 is 1.86 bits per heavy atom. The first kappa shape index (κ1) is 13.8. The molecule has 0 bridgehead atoms. The van der Waals surface area contributed by atoms with Gasteiger partial charge >= 0.3 is 35.5 Å². The van der Waals surface area contributed by atoms with Crippen LogP contribution in [0, 0.1) is 0 Å². The molecule has 0 aliphatic carbocycles. The van der Waals surface area contributed by atoms with E-state index in [-0.39, 0.29) is 34.5 Å². The van der Waals surface area contributed by atoms with Gasteiger partial charge in [-0.2, -0.15) is 0 Å². The van der Waals surface area contributed by atoms with Gasteiger partial charge in [0.1, 0.15) is 0 Å². The molecule has 0 spiro atoms. The zero-order valence-corrected chi connectivity index (χ0v) is 10.7. The summed E-state index contributed by atoms with van der Waals surface area (Å²) in [6.07, 6.45) is 0. The molecule has 0 saturated heterocycles. The second-order valence-electron chi connectivity index (χ2n) is 2.25. The van der Waals surface area contributed by atoms with Crippen molar-refractivity contribution in [1.82, 2.24) is 0 Å². The van der Waals surface area contributed by atoms with Gasteiger partial charge in [-0.05, 0) is 35.3 Å². The van der Waals surface area contributed by atoms with Crippen LogP contribution in [0.4, 0.5) is 0 Å². The third-order valence-corrected chi connectivity index (χ3v) is 2.12. The van der Waals surface area contributed by atoms with Crippen LogP contribution in [0.25, 0.3) is 0 Å². The molecule has 0 aromatic heterocycles. The molecule has 6 heteroatoms. The van der Waals surface area contributed by atoms with Crippen molar-refractivity contribution in [3.63, 3.8) is 0 Å². The molecule has 0 aliphatic rings. The number of esters is 1. The van der Waals surface area contributed by atoms with Crippen LogP contribution in [0.2, 0.25) is 0 Å². The summed E-state index contributed by atoms with van der Waals surface area (Å²) in [5.74, 6) is -0.483. The smallest absolute Gasteiger partial charge is 0.768 e. The van der Waals surface area contributed by atoms with Gasteiger partial charge in [-0.25, -0.2) is 4.79 Å². The molecule has 70 valence electrons. The summed E-state index contributed by atoms with van der Waals surface area (Å²) < 4.78 is 25.3. The number of rotatable bonds is 2. The molecule has 14 heavy (non-hydrogen) atoms. The predicted octanol–water partition coefficient (Wildman–Crippen LogP) is -2.28. The Labute approximate surface area is 106 Å². The monoisotopic (exact) mass is 222 g/mol. The number of carbonyl (C=O) groups is 1. The second-order valence-corrected chi connectivity index (χ2v) is 3.19. The molecule has 0 radical (unpaired) electrons. The van der Waals surface area contributed by atoms with Gasteiger partial charge in [0.2, 0.25) is 0 Å². The molecule has 0 amide bonds. The van der Waals surface area contributed by atoms with E-state index in [1.54, 1.807) is 0 Å². The SMILES string of the molecule is COC(=O)c1ccc(S(=O)[O-])cc1.[Na+]. The van der Waals surface area contributed by atoms with E-state index in [1.165, 1.54) is 31.4 Å². The minimum atomic E-state index is -2.25. The van der Waals surface area contributed by atoms with Crippen LogP contribution in [0.15, 0.2) is 29.2 Å². The number of benzene rings is 1. The van der Waals surface area contributed by atoms with E-state index in [4.69, 9.17) is 0 Å². The summed E-state index contributed by atoms with van der Waals surface area (Å²) in [5.41, 5.74) is 0.330. The Balaban J connectivity index is 0.00000169. The number of ether oxygens (including phenoxy) is 1. The molecule has 1 atom stereocenters. The first-order chi connectivity index (χ1) is 6.15. The number of carbonyl (C=O) groups excluding carboxylic acids is 1. The maximum absolute atomic E-state index is 10.9. The van der Waals surface area contributed by atoms with Gasteiger partial charge in [0.15, 0.2) is 0 Å². The summed E-state index contributed by atoms with van der Waals surface area (Å²) in [5, 5.41) is 0. The molecule has 0 saturated carbocycles. The third kappa shape index (κ3) is 3.51. The second kappa shape index (κ2) is 6.31. The van der Waals surface area contributed by atoms with E-state index < -0.39 is 17.0 Å². The quantitative estimate of drug-likeness (QED) is 0.321. The summed E-state index contributed by atoms with van der Waals surface area (Å²) in [7, 11) is 1.27. The Bertz CT molecular complexity index is 336. The molecule has 1 aromatic carbocycles. The maximum Gasteiger partial charge on any atom is 1.00 e. The molecule has 0 heterocycles. The molecule has 0 aliphatic heterocycles. The van der Waals surface area contributed by atoms with Crippen molar-refractivity contribution in [3.05, 3.63) is 29.8 Å². The molecule has 1 unspecified atom stereocenters. The summed E-state index contributed by atoms with van der Waals surface area (Å²) in [6, 6.07) is 5.48. The van der Waals surface area contributed by atoms with Crippen molar-refractivity contribution in [3.8, 4) is 0 Å². The third-order valence-electron chi connectivity index (χ3n) is 1.47. The number of methoxy groups -OCH3 is 1. The van der Waals surface area contributed by atoms with Crippen molar-refractivity contribution in [2.75, 3.05) is 7.11 Å². The van der Waals surface area contributed by atoms with Crippen LogP contribution < -0.4 is 29.6 Å². The van der Waals surface area contributed by atoms with E-state index in [0.29, 0.717) is 5.56 Å². The molecule has 0 N–H and O–H groups in total. The summed E-state index contributed by atoms with van der Waals surface area (Å²) in [6.45, 7) is 0. The minimum Gasteiger partial charge on any atom is -0.768 e. The average molecular weight is 222 g/mol. The van der Waals surface area contributed by atoms with Gasteiger partial charge in [-0.1, -0.05) is 0 Å². The standard InChI is InChI=1S/C8H8O4S.Na/c1-12-8(9)6-2-4-7(5-3-6)13(10)11;/h2-5H,1H3,(H,10,11);/q;+1/p-1. The first-order valence-electron chi connectivity index (χ1n) is 3.43. The fraction of sp³-hybridized carbons (Fsp3) is 0.125.